The summed E-state index contributed by atoms with van der Waals surface area (Å²) in [5.74, 6) is -1.27. The summed E-state index contributed by atoms with van der Waals surface area (Å²) in [4.78, 5) is 11.4. The second kappa shape index (κ2) is 4.22. The van der Waals surface area contributed by atoms with Crippen molar-refractivity contribution in [1.29, 1.82) is 0 Å². The highest BCUT2D eigenvalue weighted by Gasteiger charge is 2.33. The third kappa shape index (κ3) is 1.80. The number of fused-ring (bicyclic) bond motifs is 1. The second-order valence-corrected chi connectivity index (χ2v) is 3.96. The first-order valence-electron chi connectivity index (χ1n) is 5.17. The number of carbonyl (C=O) groups excluding carboxylic acids is 1. The molecule has 0 spiro atoms. The lowest BCUT2D eigenvalue weighted by molar-refractivity contribution is -0.150. The summed E-state index contributed by atoms with van der Waals surface area (Å²) in [5, 5.41) is 9.99. The Balaban J connectivity index is 2.32. The number of hydrogen-bond donors (Lipinski definition) is 1. The molecule has 0 saturated carbocycles. The van der Waals surface area contributed by atoms with Gasteiger partial charge in [-0.25, -0.2) is 4.39 Å². The Bertz CT molecular complexity index is 417. The summed E-state index contributed by atoms with van der Waals surface area (Å²) in [6, 6.07) is 4.23. The molecule has 1 N–H and O–H groups in total. The van der Waals surface area contributed by atoms with Crippen LogP contribution in [0.1, 0.15) is 23.7 Å². The van der Waals surface area contributed by atoms with Crippen LogP contribution in [0.2, 0.25) is 0 Å². The van der Waals surface area contributed by atoms with Gasteiger partial charge in [0.1, 0.15) is 5.82 Å². The fraction of sp³-hybridized carbons (Fsp3) is 0.417. The van der Waals surface area contributed by atoms with Crippen LogP contribution in [0, 0.1) is 11.7 Å². The minimum atomic E-state index is -0.892. The van der Waals surface area contributed by atoms with Crippen molar-refractivity contribution in [2.45, 2.75) is 18.9 Å². The van der Waals surface area contributed by atoms with E-state index in [0.29, 0.717) is 18.4 Å². The molecule has 0 aliphatic heterocycles. The topological polar surface area (TPSA) is 46.5 Å². The maximum atomic E-state index is 13.0. The van der Waals surface area contributed by atoms with Crippen LogP contribution in [0.25, 0.3) is 0 Å². The fourth-order valence-corrected chi connectivity index (χ4v) is 2.16. The van der Waals surface area contributed by atoms with Crippen molar-refractivity contribution >= 4 is 5.97 Å². The Morgan fingerprint density at radius 2 is 2.31 bits per heavy atom. The molecule has 0 bridgehead atoms. The number of aliphatic hydroxyl groups excluding tert-OH is 1. The lowest BCUT2D eigenvalue weighted by atomic mass is 9.81. The zero-order valence-corrected chi connectivity index (χ0v) is 8.94. The van der Waals surface area contributed by atoms with Crippen LogP contribution in [0.15, 0.2) is 18.2 Å². The van der Waals surface area contributed by atoms with E-state index in [4.69, 9.17) is 0 Å². The number of hydrogen-bond acceptors (Lipinski definition) is 3. The molecular formula is C12H13FO3. The molecule has 4 heteroatoms. The van der Waals surface area contributed by atoms with Crippen molar-refractivity contribution in [3.8, 4) is 0 Å². The zero-order valence-electron chi connectivity index (χ0n) is 8.94. The highest BCUT2D eigenvalue weighted by molar-refractivity contribution is 5.73. The van der Waals surface area contributed by atoms with Crippen molar-refractivity contribution in [3.63, 3.8) is 0 Å². The maximum absolute atomic E-state index is 13.0. The van der Waals surface area contributed by atoms with E-state index in [0.717, 1.165) is 5.56 Å². The van der Waals surface area contributed by atoms with Gasteiger partial charge in [-0.15, -0.1) is 0 Å². The van der Waals surface area contributed by atoms with Crippen molar-refractivity contribution in [3.05, 3.63) is 35.1 Å². The highest BCUT2D eigenvalue weighted by Crippen LogP contribution is 2.35. The number of carbonyl (C=O) groups is 1. The molecule has 86 valence electrons. The third-order valence-corrected chi connectivity index (χ3v) is 3.03. The number of aryl methyl sites for hydroxylation is 1. The third-order valence-electron chi connectivity index (χ3n) is 3.03. The van der Waals surface area contributed by atoms with Crippen molar-refractivity contribution < 1.29 is 19.0 Å². The van der Waals surface area contributed by atoms with Crippen LogP contribution >= 0.6 is 0 Å². The van der Waals surface area contributed by atoms with Crippen molar-refractivity contribution in [2.75, 3.05) is 7.11 Å². The van der Waals surface area contributed by atoms with Crippen LogP contribution in [0.3, 0.4) is 0 Å². The van der Waals surface area contributed by atoms with Crippen LogP contribution in [0.5, 0.6) is 0 Å². The van der Waals surface area contributed by atoms with Gasteiger partial charge < -0.3 is 9.84 Å². The Morgan fingerprint density at radius 1 is 1.56 bits per heavy atom. The zero-order chi connectivity index (χ0) is 11.7. The van der Waals surface area contributed by atoms with Gasteiger partial charge >= 0.3 is 5.97 Å². The molecule has 2 rings (SSSR count). The summed E-state index contributed by atoms with van der Waals surface area (Å²) in [7, 11) is 1.30. The van der Waals surface area contributed by atoms with E-state index in [1.54, 1.807) is 0 Å². The van der Waals surface area contributed by atoms with E-state index < -0.39 is 18.0 Å². The van der Waals surface area contributed by atoms with Gasteiger partial charge in [0.2, 0.25) is 0 Å². The number of benzene rings is 1. The first kappa shape index (κ1) is 11.1. The summed E-state index contributed by atoms with van der Waals surface area (Å²) >= 11 is 0. The smallest absolute Gasteiger partial charge is 0.311 e. The Kier molecular flexibility index (Phi) is 2.92. The largest absolute Gasteiger partial charge is 0.469 e. The van der Waals surface area contributed by atoms with Crippen LogP contribution in [-0.2, 0) is 16.0 Å². The molecule has 0 heterocycles. The minimum absolute atomic E-state index is 0.317. The van der Waals surface area contributed by atoms with Gasteiger partial charge in [-0.1, -0.05) is 6.07 Å². The molecule has 16 heavy (non-hydrogen) atoms. The number of aliphatic hydroxyl groups is 1. The number of esters is 1. The first-order chi connectivity index (χ1) is 7.63. The van der Waals surface area contributed by atoms with E-state index in [-0.39, 0.29) is 5.82 Å². The molecule has 0 amide bonds. The predicted molar refractivity (Wildman–Crippen MR) is 55.2 cm³/mol. The molecular weight excluding hydrogens is 211 g/mol. The molecule has 0 fully saturated rings. The summed E-state index contributed by atoms with van der Waals surface area (Å²) in [6.45, 7) is 0. The van der Waals surface area contributed by atoms with Gasteiger partial charge in [0.05, 0.1) is 19.1 Å². The van der Waals surface area contributed by atoms with Crippen LogP contribution in [0.4, 0.5) is 4.39 Å². The van der Waals surface area contributed by atoms with Gasteiger partial charge in [-0.05, 0) is 36.1 Å². The maximum Gasteiger partial charge on any atom is 0.311 e. The lowest BCUT2D eigenvalue weighted by Gasteiger charge is -2.28. The molecule has 3 nitrogen and oxygen atoms in total. The summed E-state index contributed by atoms with van der Waals surface area (Å²) in [5.41, 5.74) is 1.40. The Morgan fingerprint density at radius 3 is 3.00 bits per heavy atom. The number of ether oxygens (including phenoxy) is 1. The van der Waals surface area contributed by atoms with E-state index in [1.165, 1.54) is 25.3 Å². The van der Waals surface area contributed by atoms with E-state index in [1.807, 2.05) is 0 Å². The molecule has 0 aromatic heterocycles. The van der Waals surface area contributed by atoms with Gasteiger partial charge in [-0.2, -0.15) is 0 Å². The lowest BCUT2D eigenvalue weighted by Crippen LogP contribution is -2.28. The normalized spacial score (nSPS) is 23.7. The molecule has 1 aliphatic carbocycles. The second-order valence-electron chi connectivity index (χ2n) is 3.96. The summed E-state index contributed by atoms with van der Waals surface area (Å²) in [6.07, 6.45) is 0.186. The van der Waals surface area contributed by atoms with Gasteiger partial charge in [-0.3, -0.25) is 4.79 Å². The highest BCUT2D eigenvalue weighted by atomic mass is 19.1. The first-order valence-corrected chi connectivity index (χ1v) is 5.17. The van der Waals surface area contributed by atoms with Crippen molar-refractivity contribution in [2.24, 2.45) is 5.92 Å². The number of rotatable bonds is 1. The quantitative estimate of drug-likeness (QED) is 0.737. The van der Waals surface area contributed by atoms with Crippen molar-refractivity contribution in [1.82, 2.24) is 0 Å². The Labute approximate surface area is 92.9 Å². The molecule has 2 unspecified atom stereocenters. The van der Waals surface area contributed by atoms with E-state index >= 15 is 0 Å². The minimum Gasteiger partial charge on any atom is -0.469 e. The molecule has 0 radical (unpaired) electrons. The molecule has 1 aromatic rings. The van der Waals surface area contributed by atoms with E-state index in [9.17, 15) is 14.3 Å². The van der Waals surface area contributed by atoms with Gasteiger partial charge in [0.15, 0.2) is 0 Å². The SMILES string of the molecule is COC(=O)C1CCc2cc(F)ccc2C1O. The fourth-order valence-electron chi connectivity index (χ4n) is 2.16. The average molecular weight is 224 g/mol. The molecule has 0 saturated heterocycles. The summed E-state index contributed by atoms with van der Waals surface area (Å²) < 4.78 is 17.6. The average Bonchev–Trinajstić information content (AvgIpc) is 2.28. The van der Waals surface area contributed by atoms with Gasteiger partial charge in [0, 0.05) is 0 Å². The molecule has 1 aliphatic rings. The number of methoxy groups -OCH3 is 1. The Hall–Kier alpha value is -1.42. The standard InChI is InChI=1S/C12H13FO3/c1-16-12(15)10-4-2-7-6-8(13)3-5-9(7)11(10)14/h3,5-6,10-11,14H,2,4H2,1H3. The molecule has 2 atom stereocenters. The predicted octanol–water partition coefficient (Wildman–Crippen LogP) is 1.59. The van der Waals surface area contributed by atoms with Gasteiger partial charge in [0.25, 0.3) is 0 Å². The monoisotopic (exact) mass is 224 g/mol. The van der Waals surface area contributed by atoms with Crippen LogP contribution < -0.4 is 0 Å². The van der Waals surface area contributed by atoms with E-state index in [2.05, 4.69) is 4.74 Å². The molecule has 1 aromatic carbocycles. The van der Waals surface area contributed by atoms with Crippen LogP contribution in [-0.4, -0.2) is 18.2 Å². The number of halogens is 1.